The van der Waals surface area contributed by atoms with Crippen LogP contribution < -0.4 is 0 Å². The van der Waals surface area contributed by atoms with Crippen molar-refractivity contribution in [3.05, 3.63) is 58.5 Å². The number of carbonyl (C=O) groups excluding carboxylic acids is 2. The lowest BCUT2D eigenvalue weighted by atomic mass is 10.1. The molecule has 0 aliphatic rings. The molecule has 0 aliphatic heterocycles. The summed E-state index contributed by atoms with van der Waals surface area (Å²) in [5.41, 5.74) is 1.56. The molecule has 0 fully saturated rings. The van der Waals surface area contributed by atoms with Gasteiger partial charge in [0, 0.05) is 12.0 Å². The zero-order chi connectivity index (χ0) is 19.8. The highest BCUT2D eigenvalue weighted by Gasteiger charge is 2.16. The number of carbonyl (C=O) groups is 2. The van der Waals surface area contributed by atoms with Crippen LogP contribution in [0.25, 0.3) is 0 Å². The van der Waals surface area contributed by atoms with E-state index in [1.807, 2.05) is 6.07 Å². The van der Waals surface area contributed by atoms with Crippen molar-refractivity contribution in [2.75, 3.05) is 12.4 Å². The molecular weight excluding hydrogens is 367 g/mol. The Labute approximate surface area is 161 Å². The fourth-order valence-electron chi connectivity index (χ4n) is 2.37. The molecule has 0 amide bonds. The first-order chi connectivity index (χ1) is 13.0. The predicted molar refractivity (Wildman–Crippen MR) is 100 cm³/mol. The van der Waals surface area contributed by atoms with E-state index in [1.165, 1.54) is 42.1 Å². The van der Waals surface area contributed by atoms with Crippen molar-refractivity contribution in [2.45, 2.75) is 31.7 Å². The normalized spacial score (nSPS) is 10.3. The van der Waals surface area contributed by atoms with Crippen LogP contribution in [0.3, 0.4) is 0 Å². The largest absolute Gasteiger partial charge is 0.462 e. The summed E-state index contributed by atoms with van der Waals surface area (Å²) < 4.78 is 17.9. The molecule has 0 N–H and O–H groups in total. The van der Waals surface area contributed by atoms with Gasteiger partial charge in [-0.15, -0.1) is 11.8 Å². The average Bonchev–Trinajstić information content (AvgIpc) is 2.65. The monoisotopic (exact) mass is 386 g/mol. The van der Waals surface area contributed by atoms with Crippen LogP contribution in [0.1, 0.15) is 51.7 Å². The number of nitriles is 1. The second-order valence-corrected chi connectivity index (χ2v) is 6.77. The van der Waals surface area contributed by atoms with Gasteiger partial charge in [0.25, 0.3) is 0 Å². The van der Waals surface area contributed by atoms with E-state index < -0.39 is 5.97 Å². The van der Waals surface area contributed by atoms with Gasteiger partial charge < -0.3 is 4.74 Å². The summed E-state index contributed by atoms with van der Waals surface area (Å²) in [6, 6.07) is 9.01. The molecule has 0 saturated carbocycles. The SMILES string of the molecule is CCOC(=O)c1cc(C#N)c(SCCCC(=O)c2ccc(F)cc2)nc1C. The summed E-state index contributed by atoms with van der Waals surface area (Å²) in [7, 11) is 0. The third-order valence-corrected chi connectivity index (χ3v) is 4.82. The van der Waals surface area contributed by atoms with Crippen LogP contribution >= 0.6 is 11.8 Å². The third kappa shape index (κ3) is 5.63. The van der Waals surface area contributed by atoms with E-state index in [9.17, 15) is 19.2 Å². The number of ketones is 1. The summed E-state index contributed by atoms with van der Waals surface area (Å²) in [6.07, 6.45) is 0.909. The number of thioether (sulfide) groups is 1. The zero-order valence-corrected chi connectivity index (χ0v) is 15.9. The van der Waals surface area contributed by atoms with Gasteiger partial charge in [-0.05, 0) is 56.4 Å². The molecule has 0 unspecified atom stereocenters. The molecule has 1 aromatic carbocycles. The van der Waals surface area contributed by atoms with Gasteiger partial charge in [-0.3, -0.25) is 4.79 Å². The van der Waals surface area contributed by atoms with Crippen molar-refractivity contribution in [2.24, 2.45) is 0 Å². The summed E-state index contributed by atoms with van der Waals surface area (Å²) in [5.74, 6) is -0.343. The fraction of sp³-hybridized carbons (Fsp3) is 0.300. The molecule has 0 aliphatic carbocycles. The molecule has 1 heterocycles. The highest BCUT2D eigenvalue weighted by Crippen LogP contribution is 2.24. The first kappa shape index (κ1) is 20.6. The van der Waals surface area contributed by atoms with Gasteiger partial charge in [-0.1, -0.05) is 0 Å². The van der Waals surface area contributed by atoms with Crippen molar-refractivity contribution in [3.8, 4) is 6.07 Å². The molecule has 27 heavy (non-hydrogen) atoms. The highest BCUT2D eigenvalue weighted by atomic mass is 32.2. The minimum atomic E-state index is -0.500. The van der Waals surface area contributed by atoms with Gasteiger partial charge in [-0.2, -0.15) is 5.26 Å². The van der Waals surface area contributed by atoms with E-state index in [4.69, 9.17) is 4.74 Å². The number of halogens is 1. The smallest absolute Gasteiger partial charge is 0.340 e. The number of pyridine rings is 1. The topological polar surface area (TPSA) is 80.0 Å². The first-order valence-corrected chi connectivity index (χ1v) is 9.45. The second kappa shape index (κ2) is 9.83. The van der Waals surface area contributed by atoms with Crippen LogP contribution in [0.5, 0.6) is 0 Å². The van der Waals surface area contributed by atoms with Crippen molar-refractivity contribution < 1.29 is 18.7 Å². The molecule has 2 rings (SSSR count). The number of hydrogen-bond acceptors (Lipinski definition) is 6. The van der Waals surface area contributed by atoms with E-state index in [0.717, 1.165) is 0 Å². The highest BCUT2D eigenvalue weighted by molar-refractivity contribution is 7.99. The summed E-state index contributed by atoms with van der Waals surface area (Å²) in [6.45, 7) is 3.65. The van der Waals surface area contributed by atoms with Crippen molar-refractivity contribution in [1.82, 2.24) is 4.98 Å². The lowest BCUT2D eigenvalue weighted by Crippen LogP contribution is -2.09. The Hall–Kier alpha value is -2.72. The van der Waals surface area contributed by atoms with Crippen LogP contribution in [-0.2, 0) is 4.74 Å². The molecule has 2 aromatic rings. The molecule has 0 atom stereocenters. The van der Waals surface area contributed by atoms with Gasteiger partial charge in [-0.25, -0.2) is 14.2 Å². The second-order valence-electron chi connectivity index (χ2n) is 5.69. The molecule has 0 radical (unpaired) electrons. The maximum Gasteiger partial charge on any atom is 0.340 e. The number of Topliss-reactive ketones (excluding diaryl/α,β-unsaturated/α-hetero) is 1. The summed E-state index contributed by atoms with van der Waals surface area (Å²) in [5, 5.41) is 9.85. The average molecular weight is 386 g/mol. The molecule has 0 spiro atoms. The molecular formula is C20H19FN2O3S. The van der Waals surface area contributed by atoms with Crippen LogP contribution in [-0.4, -0.2) is 29.1 Å². The molecule has 5 nitrogen and oxygen atoms in total. The molecule has 0 bridgehead atoms. The Kier molecular flexibility index (Phi) is 7.50. The molecule has 1 aromatic heterocycles. The number of ether oxygens (including phenoxy) is 1. The van der Waals surface area contributed by atoms with Crippen molar-refractivity contribution in [1.29, 1.82) is 5.26 Å². The Balaban J connectivity index is 1.96. The van der Waals surface area contributed by atoms with Gasteiger partial charge in [0.05, 0.1) is 23.4 Å². The van der Waals surface area contributed by atoms with E-state index in [-0.39, 0.29) is 23.8 Å². The first-order valence-electron chi connectivity index (χ1n) is 8.46. The fourth-order valence-corrected chi connectivity index (χ4v) is 3.31. The van der Waals surface area contributed by atoms with Crippen LogP contribution in [0.15, 0.2) is 35.4 Å². The van der Waals surface area contributed by atoms with Crippen LogP contribution in [0, 0.1) is 24.1 Å². The number of rotatable bonds is 8. The van der Waals surface area contributed by atoms with E-state index >= 15 is 0 Å². The number of esters is 1. The number of nitrogens with zero attached hydrogens (tertiary/aromatic N) is 2. The van der Waals surface area contributed by atoms with Crippen LogP contribution in [0.4, 0.5) is 4.39 Å². The van der Waals surface area contributed by atoms with Crippen LogP contribution in [0.2, 0.25) is 0 Å². The van der Waals surface area contributed by atoms with E-state index in [0.29, 0.717) is 40.4 Å². The summed E-state index contributed by atoms with van der Waals surface area (Å²) >= 11 is 1.36. The minimum Gasteiger partial charge on any atom is -0.462 e. The Bertz CT molecular complexity index is 876. The number of aromatic nitrogens is 1. The van der Waals surface area contributed by atoms with E-state index in [1.54, 1.807) is 13.8 Å². The number of hydrogen-bond donors (Lipinski definition) is 0. The summed E-state index contributed by atoms with van der Waals surface area (Å²) in [4.78, 5) is 28.3. The molecule has 140 valence electrons. The predicted octanol–water partition coefficient (Wildman–Crippen LogP) is 4.33. The van der Waals surface area contributed by atoms with Gasteiger partial charge in [0.15, 0.2) is 5.78 Å². The van der Waals surface area contributed by atoms with Gasteiger partial charge >= 0.3 is 5.97 Å². The zero-order valence-electron chi connectivity index (χ0n) is 15.1. The Morgan fingerprint density at radius 1 is 1.30 bits per heavy atom. The quantitative estimate of drug-likeness (QED) is 0.291. The maximum atomic E-state index is 12.9. The standard InChI is InChI=1S/C20H19FN2O3S/c1-3-26-20(25)17-11-15(12-22)19(23-13(17)2)27-10-4-5-18(24)14-6-8-16(21)9-7-14/h6-9,11H,3-5,10H2,1-2H3. The van der Waals surface area contributed by atoms with E-state index in [2.05, 4.69) is 4.98 Å². The van der Waals surface area contributed by atoms with Crippen molar-refractivity contribution in [3.63, 3.8) is 0 Å². The number of benzene rings is 1. The number of aryl methyl sites for hydroxylation is 1. The Morgan fingerprint density at radius 3 is 2.63 bits per heavy atom. The molecule has 7 heteroatoms. The molecule has 0 saturated heterocycles. The third-order valence-electron chi connectivity index (χ3n) is 3.75. The lowest BCUT2D eigenvalue weighted by Gasteiger charge is -2.09. The van der Waals surface area contributed by atoms with Crippen molar-refractivity contribution >= 4 is 23.5 Å². The minimum absolute atomic E-state index is 0.0575. The lowest BCUT2D eigenvalue weighted by molar-refractivity contribution is 0.0524. The Morgan fingerprint density at radius 2 is 2.00 bits per heavy atom. The maximum absolute atomic E-state index is 12.9. The van der Waals surface area contributed by atoms with Gasteiger partial charge in [0.2, 0.25) is 0 Å². The van der Waals surface area contributed by atoms with Gasteiger partial charge in [0.1, 0.15) is 16.9 Å².